The lowest BCUT2D eigenvalue weighted by atomic mass is 10.0. The number of likely N-dealkylation sites (tertiary alicyclic amines) is 1. The molecule has 6 N–H and O–H groups in total. The van der Waals surface area contributed by atoms with E-state index in [0.29, 0.717) is 34.8 Å². The van der Waals surface area contributed by atoms with Gasteiger partial charge in [0.05, 0.1) is 17.3 Å². The Morgan fingerprint density at radius 1 is 1.35 bits per heavy atom. The van der Waals surface area contributed by atoms with E-state index in [1.807, 2.05) is 0 Å². The minimum absolute atomic E-state index is 0.0279. The van der Waals surface area contributed by atoms with Crippen LogP contribution < -0.4 is 20.8 Å². The first-order chi connectivity index (χ1) is 14.7. The van der Waals surface area contributed by atoms with Crippen LogP contribution in [0.4, 0.5) is 5.69 Å². The molecular weight excluding hydrogens is 422 g/mol. The highest BCUT2D eigenvalue weighted by molar-refractivity contribution is 8.24. The Bertz CT molecular complexity index is 1100. The van der Waals surface area contributed by atoms with Gasteiger partial charge in [-0.1, -0.05) is 6.07 Å². The van der Waals surface area contributed by atoms with Crippen LogP contribution in [-0.4, -0.2) is 49.9 Å². The first-order valence-corrected chi connectivity index (χ1v) is 11.4. The van der Waals surface area contributed by atoms with Crippen molar-refractivity contribution in [2.45, 2.75) is 32.2 Å². The molecule has 2 aliphatic heterocycles. The summed E-state index contributed by atoms with van der Waals surface area (Å²) in [5.74, 6) is 0.209. The summed E-state index contributed by atoms with van der Waals surface area (Å²) in [6.07, 6.45) is 2.61. The number of H-pyrrole nitrogens is 1. The SMILES string of the molecule is Cc1cc(C(=O)N2CCCCC2COc2cccc3c2C(N)=NS(O)(O)N3)cc(=O)[nH]1. The fourth-order valence-electron chi connectivity index (χ4n) is 3.95. The summed E-state index contributed by atoms with van der Waals surface area (Å²) < 4.78 is 31.9. The number of aryl methyl sites for hydroxylation is 1. The molecule has 1 aromatic carbocycles. The number of nitrogens with zero attached hydrogens (tertiary/aromatic N) is 2. The van der Waals surface area contributed by atoms with Gasteiger partial charge in [-0.3, -0.25) is 23.4 Å². The van der Waals surface area contributed by atoms with Crippen LogP contribution in [0.2, 0.25) is 0 Å². The van der Waals surface area contributed by atoms with Crippen LogP contribution in [0.5, 0.6) is 5.75 Å². The molecule has 31 heavy (non-hydrogen) atoms. The molecule has 1 amide bonds. The van der Waals surface area contributed by atoms with Crippen molar-refractivity contribution in [2.24, 2.45) is 10.1 Å². The highest BCUT2D eigenvalue weighted by Gasteiger charge is 2.30. The zero-order valence-electron chi connectivity index (χ0n) is 17.0. The molecule has 0 radical (unpaired) electrons. The Balaban J connectivity index is 1.54. The third kappa shape index (κ3) is 4.53. The van der Waals surface area contributed by atoms with Gasteiger partial charge in [0.15, 0.2) is 5.84 Å². The Kier molecular flexibility index (Phi) is 5.65. The molecule has 1 saturated heterocycles. The lowest BCUT2D eigenvalue weighted by molar-refractivity contribution is 0.0528. The van der Waals surface area contributed by atoms with Crippen LogP contribution in [0.25, 0.3) is 0 Å². The topological polar surface area (TPSA) is 153 Å². The molecule has 1 fully saturated rings. The molecule has 11 heteroatoms. The van der Waals surface area contributed by atoms with Crippen molar-refractivity contribution < 1.29 is 18.6 Å². The van der Waals surface area contributed by atoms with E-state index in [9.17, 15) is 18.7 Å². The number of carbonyl (C=O) groups excluding carboxylic acids is 1. The third-order valence-corrected chi connectivity index (χ3v) is 6.25. The molecule has 10 nitrogen and oxygen atoms in total. The van der Waals surface area contributed by atoms with Gasteiger partial charge in [0, 0.05) is 23.9 Å². The van der Waals surface area contributed by atoms with E-state index >= 15 is 0 Å². The molecule has 4 rings (SSSR count). The molecule has 2 aliphatic rings. The summed E-state index contributed by atoms with van der Waals surface area (Å²) in [6, 6.07) is 7.89. The number of fused-ring (bicyclic) bond motifs is 1. The fraction of sp³-hybridized carbons (Fsp3) is 0.350. The smallest absolute Gasteiger partial charge is 0.254 e. The van der Waals surface area contributed by atoms with Crippen molar-refractivity contribution in [1.82, 2.24) is 9.88 Å². The van der Waals surface area contributed by atoms with Crippen molar-refractivity contribution in [3.8, 4) is 5.75 Å². The normalized spacial score (nSPS) is 20.8. The van der Waals surface area contributed by atoms with E-state index in [0.717, 1.165) is 19.3 Å². The van der Waals surface area contributed by atoms with Crippen LogP contribution in [-0.2, 0) is 0 Å². The average Bonchev–Trinajstić information content (AvgIpc) is 2.70. The maximum Gasteiger partial charge on any atom is 0.254 e. The number of pyridine rings is 1. The monoisotopic (exact) mass is 447 g/mol. The predicted molar refractivity (Wildman–Crippen MR) is 120 cm³/mol. The lowest BCUT2D eigenvalue weighted by Gasteiger charge is -2.36. The van der Waals surface area contributed by atoms with Gasteiger partial charge < -0.3 is 20.4 Å². The highest BCUT2D eigenvalue weighted by atomic mass is 32.3. The Labute approximate surface area is 180 Å². The maximum absolute atomic E-state index is 13.1. The number of ether oxygens (including phenoxy) is 1. The van der Waals surface area contributed by atoms with Gasteiger partial charge in [0.2, 0.25) is 5.56 Å². The zero-order valence-corrected chi connectivity index (χ0v) is 17.8. The molecule has 0 bridgehead atoms. The predicted octanol–water partition coefficient (Wildman–Crippen LogP) is 2.47. The Morgan fingerprint density at radius 3 is 2.94 bits per heavy atom. The number of amides is 1. The van der Waals surface area contributed by atoms with Crippen LogP contribution in [0.15, 0.2) is 39.5 Å². The first kappa shape index (κ1) is 21.2. The molecular formula is C20H25N5O5S. The summed E-state index contributed by atoms with van der Waals surface area (Å²) in [5, 5.41) is 0. The number of nitrogens with one attached hydrogen (secondary N) is 2. The van der Waals surface area contributed by atoms with Gasteiger partial charge in [-0.25, -0.2) is 0 Å². The molecule has 1 aromatic heterocycles. The average molecular weight is 448 g/mol. The van der Waals surface area contributed by atoms with Crippen LogP contribution in [0.3, 0.4) is 0 Å². The number of hydrogen-bond donors (Lipinski definition) is 5. The minimum Gasteiger partial charge on any atom is -0.491 e. The van der Waals surface area contributed by atoms with Crippen LogP contribution in [0, 0.1) is 6.92 Å². The number of aromatic amines is 1. The van der Waals surface area contributed by atoms with E-state index in [-0.39, 0.29) is 30.0 Å². The molecule has 2 aromatic rings. The number of rotatable bonds is 4. The molecule has 1 unspecified atom stereocenters. The second-order valence-corrected chi connectivity index (χ2v) is 9.08. The summed E-state index contributed by atoms with van der Waals surface area (Å²) >= 11 is 0. The maximum atomic E-state index is 13.1. The number of amidine groups is 1. The second kappa shape index (κ2) is 8.25. The summed E-state index contributed by atoms with van der Waals surface area (Å²) in [7, 11) is -3.38. The Morgan fingerprint density at radius 2 is 2.16 bits per heavy atom. The van der Waals surface area contributed by atoms with Gasteiger partial charge >= 0.3 is 0 Å². The molecule has 3 heterocycles. The van der Waals surface area contributed by atoms with Gasteiger partial charge in [-0.15, -0.1) is 4.40 Å². The van der Waals surface area contributed by atoms with Crippen molar-refractivity contribution in [3.05, 3.63) is 57.5 Å². The third-order valence-electron chi connectivity index (χ3n) is 5.30. The fourth-order valence-corrected chi connectivity index (χ4v) is 4.83. The van der Waals surface area contributed by atoms with E-state index in [1.165, 1.54) is 6.07 Å². The quantitative estimate of drug-likeness (QED) is 0.482. The number of piperidine rings is 1. The number of anilines is 1. The summed E-state index contributed by atoms with van der Waals surface area (Å²) in [4.78, 5) is 29.3. The number of carbonyl (C=O) groups is 1. The van der Waals surface area contributed by atoms with Gasteiger partial charge in [-0.05, 0) is 55.3 Å². The minimum atomic E-state index is -3.38. The molecule has 1 atom stereocenters. The molecule has 0 saturated carbocycles. The molecule has 0 spiro atoms. The number of aromatic nitrogens is 1. The number of benzene rings is 1. The van der Waals surface area contributed by atoms with Crippen LogP contribution >= 0.6 is 11.0 Å². The second-order valence-electron chi connectivity index (χ2n) is 7.65. The molecule has 0 aliphatic carbocycles. The van der Waals surface area contributed by atoms with Gasteiger partial charge in [0.25, 0.3) is 5.91 Å². The zero-order chi connectivity index (χ0) is 22.2. The van der Waals surface area contributed by atoms with Crippen molar-refractivity contribution in [3.63, 3.8) is 0 Å². The summed E-state index contributed by atoms with van der Waals surface area (Å²) in [5.41, 5.74) is 7.49. The largest absolute Gasteiger partial charge is 0.491 e. The standard InChI is InChI=1S/C20H25N5O5S/c1-12-9-13(10-17(26)22-12)20(27)25-8-3-2-5-14(25)11-30-16-7-4-6-15-18(16)19(21)24-31(28,29)23-15/h4,6-7,9-10,14,23,28-29H,2-3,5,8,11H2,1H3,(H2,21,24)(H,22,26). The van der Waals surface area contributed by atoms with Crippen molar-refractivity contribution >= 4 is 28.4 Å². The highest BCUT2D eigenvalue weighted by Crippen LogP contribution is 2.46. The van der Waals surface area contributed by atoms with E-state index in [4.69, 9.17) is 10.5 Å². The molecule has 166 valence electrons. The van der Waals surface area contributed by atoms with Gasteiger partial charge in [0.1, 0.15) is 12.4 Å². The van der Waals surface area contributed by atoms with Crippen LogP contribution in [0.1, 0.15) is 40.9 Å². The van der Waals surface area contributed by atoms with Crippen molar-refractivity contribution in [1.29, 1.82) is 0 Å². The number of nitrogens with two attached hydrogens (primary N) is 1. The van der Waals surface area contributed by atoms with E-state index in [2.05, 4.69) is 14.1 Å². The lowest BCUT2D eigenvalue weighted by Crippen LogP contribution is -2.47. The first-order valence-electron chi connectivity index (χ1n) is 9.93. The number of hydrogen-bond acceptors (Lipinski definition) is 8. The van der Waals surface area contributed by atoms with Gasteiger partial charge in [-0.2, -0.15) is 0 Å². The van der Waals surface area contributed by atoms with E-state index in [1.54, 1.807) is 36.1 Å². The Hall–Kier alpha value is -3.02. The summed E-state index contributed by atoms with van der Waals surface area (Å²) in [6.45, 7) is 2.55. The van der Waals surface area contributed by atoms with Crippen molar-refractivity contribution in [2.75, 3.05) is 17.9 Å². The van der Waals surface area contributed by atoms with E-state index < -0.39 is 11.0 Å².